The monoisotopic (exact) mass is 348 g/mol. The first-order chi connectivity index (χ1) is 12.5. The molecule has 26 heavy (non-hydrogen) atoms. The fraction of sp³-hybridized carbons (Fsp3) is 0.217. The van der Waals surface area contributed by atoms with Crippen LogP contribution < -0.4 is 4.74 Å². The minimum Gasteiger partial charge on any atom is -0.508 e. The molecule has 3 aromatic rings. The summed E-state index contributed by atoms with van der Waals surface area (Å²) in [7, 11) is 0. The van der Waals surface area contributed by atoms with Crippen molar-refractivity contribution in [3.8, 4) is 23.0 Å². The van der Waals surface area contributed by atoms with E-state index in [0.717, 1.165) is 12.8 Å². The molecule has 134 valence electrons. The third-order valence-electron chi connectivity index (χ3n) is 4.66. The first-order valence-electron chi connectivity index (χ1n) is 8.79. The van der Waals surface area contributed by atoms with E-state index in [1.165, 1.54) is 11.6 Å². The highest BCUT2D eigenvalue weighted by Crippen LogP contribution is 2.42. The number of ether oxygens (including phenoxy) is 1. The van der Waals surface area contributed by atoms with Crippen LogP contribution in [0.2, 0.25) is 0 Å². The van der Waals surface area contributed by atoms with Crippen LogP contribution in [-0.2, 0) is 11.8 Å². The van der Waals surface area contributed by atoms with Crippen LogP contribution in [0.1, 0.15) is 31.4 Å². The molecule has 0 heterocycles. The van der Waals surface area contributed by atoms with Crippen molar-refractivity contribution < 1.29 is 14.9 Å². The molecule has 3 nitrogen and oxygen atoms in total. The Balaban J connectivity index is 1.80. The van der Waals surface area contributed by atoms with E-state index in [4.69, 9.17) is 4.74 Å². The zero-order valence-corrected chi connectivity index (χ0v) is 15.1. The van der Waals surface area contributed by atoms with Gasteiger partial charge in [0.05, 0.1) is 0 Å². The Morgan fingerprint density at radius 2 is 1.42 bits per heavy atom. The summed E-state index contributed by atoms with van der Waals surface area (Å²) in [4.78, 5) is 0. The summed E-state index contributed by atoms with van der Waals surface area (Å²) in [5.41, 5.74) is 1.68. The first-order valence-corrected chi connectivity index (χ1v) is 8.79. The summed E-state index contributed by atoms with van der Waals surface area (Å²) in [6.45, 7) is 4.14. The summed E-state index contributed by atoms with van der Waals surface area (Å²) in [5.74, 6) is 1.01. The predicted molar refractivity (Wildman–Crippen MR) is 104 cm³/mol. The van der Waals surface area contributed by atoms with Gasteiger partial charge in [0.25, 0.3) is 0 Å². The molecule has 0 amide bonds. The van der Waals surface area contributed by atoms with Crippen LogP contribution >= 0.6 is 0 Å². The van der Waals surface area contributed by atoms with Gasteiger partial charge in [-0.15, -0.1) is 0 Å². The predicted octanol–water partition coefficient (Wildman–Crippen LogP) is 5.80. The highest BCUT2D eigenvalue weighted by atomic mass is 16.5. The largest absolute Gasteiger partial charge is 0.508 e. The van der Waals surface area contributed by atoms with Crippen LogP contribution in [0.4, 0.5) is 0 Å². The van der Waals surface area contributed by atoms with Crippen LogP contribution in [0.25, 0.3) is 0 Å². The van der Waals surface area contributed by atoms with Crippen molar-refractivity contribution in [1.82, 2.24) is 0 Å². The van der Waals surface area contributed by atoms with E-state index in [2.05, 4.69) is 26.0 Å². The lowest BCUT2D eigenvalue weighted by Crippen LogP contribution is -2.18. The van der Waals surface area contributed by atoms with Crippen molar-refractivity contribution in [1.29, 1.82) is 0 Å². The van der Waals surface area contributed by atoms with E-state index in [1.807, 2.05) is 36.4 Å². The highest BCUT2D eigenvalue weighted by Gasteiger charge is 2.26. The number of rotatable bonds is 6. The summed E-state index contributed by atoms with van der Waals surface area (Å²) in [5, 5.41) is 20.9. The zero-order chi connectivity index (χ0) is 18.6. The van der Waals surface area contributed by atoms with Gasteiger partial charge in [-0.25, -0.2) is 0 Å². The number of phenols is 2. The second-order valence-corrected chi connectivity index (χ2v) is 7.12. The summed E-state index contributed by atoms with van der Waals surface area (Å²) < 4.78 is 5.68. The smallest absolute Gasteiger partial charge is 0.172 e. The molecule has 0 atom stereocenters. The van der Waals surface area contributed by atoms with Crippen molar-refractivity contribution in [3.63, 3.8) is 0 Å². The van der Waals surface area contributed by atoms with Crippen molar-refractivity contribution in [2.24, 2.45) is 0 Å². The van der Waals surface area contributed by atoms with Gasteiger partial charge in [-0.3, -0.25) is 0 Å². The van der Waals surface area contributed by atoms with Gasteiger partial charge in [-0.1, -0.05) is 62.4 Å². The average Bonchev–Trinajstić information content (AvgIpc) is 2.64. The average molecular weight is 348 g/mol. The highest BCUT2D eigenvalue weighted by molar-refractivity contribution is 5.53. The van der Waals surface area contributed by atoms with Gasteiger partial charge in [0.15, 0.2) is 11.5 Å². The molecule has 0 fully saturated rings. The molecule has 0 aliphatic rings. The van der Waals surface area contributed by atoms with Gasteiger partial charge in [0.2, 0.25) is 0 Å². The Labute approximate surface area is 154 Å². The van der Waals surface area contributed by atoms with E-state index in [0.29, 0.717) is 11.3 Å². The Hall–Kier alpha value is -2.94. The van der Waals surface area contributed by atoms with Gasteiger partial charge in [0.1, 0.15) is 11.5 Å². The summed E-state index contributed by atoms with van der Waals surface area (Å²) >= 11 is 0. The lowest BCUT2D eigenvalue weighted by atomic mass is 9.79. The summed E-state index contributed by atoms with van der Waals surface area (Å²) in [6.07, 6.45) is 1.75. The Kier molecular flexibility index (Phi) is 5.17. The number of aromatic hydroxyl groups is 2. The van der Waals surface area contributed by atoms with Crippen LogP contribution in [0.15, 0.2) is 72.8 Å². The third kappa shape index (κ3) is 4.17. The van der Waals surface area contributed by atoms with Crippen LogP contribution in [0.3, 0.4) is 0 Å². The van der Waals surface area contributed by atoms with E-state index >= 15 is 0 Å². The molecule has 0 aromatic heterocycles. The molecule has 2 N–H and O–H groups in total. The molecule has 3 aromatic carbocycles. The Bertz CT molecular complexity index is 855. The van der Waals surface area contributed by atoms with Crippen LogP contribution in [0, 0.1) is 0 Å². The van der Waals surface area contributed by atoms with E-state index in [1.54, 1.807) is 18.2 Å². The van der Waals surface area contributed by atoms with Gasteiger partial charge in [0, 0.05) is 11.6 Å². The van der Waals surface area contributed by atoms with Crippen molar-refractivity contribution >= 4 is 0 Å². The molecule has 0 aliphatic heterocycles. The van der Waals surface area contributed by atoms with E-state index < -0.39 is 0 Å². The maximum Gasteiger partial charge on any atom is 0.172 e. The molecule has 0 spiro atoms. The van der Waals surface area contributed by atoms with Crippen molar-refractivity contribution in [3.05, 3.63) is 83.9 Å². The molecule has 0 saturated heterocycles. The zero-order valence-electron chi connectivity index (χ0n) is 15.1. The van der Waals surface area contributed by atoms with E-state index in [-0.39, 0.29) is 22.7 Å². The lowest BCUT2D eigenvalue weighted by molar-refractivity contribution is 0.387. The Morgan fingerprint density at radius 1 is 0.808 bits per heavy atom. The third-order valence-corrected chi connectivity index (χ3v) is 4.66. The van der Waals surface area contributed by atoms with Crippen molar-refractivity contribution in [2.45, 2.75) is 32.1 Å². The molecular weight excluding hydrogens is 324 g/mol. The molecule has 0 unspecified atom stereocenters. The molecule has 0 saturated carbocycles. The lowest BCUT2D eigenvalue weighted by Gasteiger charge is -2.27. The second-order valence-electron chi connectivity index (χ2n) is 7.12. The minimum absolute atomic E-state index is 0.0226. The molecule has 0 radical (unpaired) electrons. The van der Waals surface area contributed by atoms with E-state index in [9.17, 15) is 10.2 Å². The first kappa shape index (κ1) is 17.9. The number of benzene rings is 3. The number of hydrogen-bond acceptors (Lipinski definition) is 3. The maximum absolute atomic E-state index is 10.5. The topological polar surface area (TPSA) is 49.7 Å². The minimum atomic E-state index is -0.289. The van der Waals surface area contributed by atoms with Gasteiger partial charge in [-0.2, -0.15) is 0 Å². The summed E-state index contributed by atoms with van der Waals surface area (Å²) in [6, 6.07) is 22.6. The standard InChI is InChI=1S/C23H24O3/c1-23(2,14-13-17-9-5-3-6-10-17)19-15-21(25)22(16-20(19)24)26-18-11-7-4-8-12-18/h3-12,15-16,24-25H,13-14H2,1-2H3. The number of para-hydroxylation sites is 1. The maximum atomic E-state index is 10.5. The Morgan fingerprint density at radius 3 is 2.08 bits per heavy atom. The van der Waals surface area contributed by atoms with Crippen LogP contribution in [-0.4, -0.2) is 10.2 Å². The normalized spacial score (nSPS) is 11.3. The molecule has 0 bridgehead atoms. The van der Waals surface area contributed by atoms with Gasteiger partial charge >= 0.3 is 0 Å². The second kappa shape index (κ2) is 7.52. The number of aryl methyl sites for hydroxylation is 1. The fourth-order valence-electron chi connectivity index (χ4n) is 3.03. The molecular formula is C23H24O3. The molecule has 0 aliphatic carbocycles. The fourth-order valence-corrected chi connectivity index (χ4v) is 3.03. The number of phenolic OH excluding ortho intramolecular Hbond substituents is 2. The van der Waals surface area contributed by atoms with Gasteiger partial charge < -0.3 is 14.9 Å². The molecule has 3 heteroatoms. The number of hydrogen-bond donors (Lipinski definition) is 2. The quantitative estimate of drug-likeness (QED) is 0.553. The van der Waals surface area contributed by atoms with Crippen LogP contribution in [0.5, 0.6) is 23.0 Å². The molecule has 3 rings (SSSR count). The van der Waals surface area contributed by atoms with Gasteiger partial charge in [-0.05, 0) is 42.0 Å². The van der Waals surface area contributed by atoms with Crippen molar-refractivity contribution in [2.75, 3.05) is 0 Å². The SMILES string of the molecule is CC(C)(CCc1ccccc1)c1cc(O)c(Oc2ccccc2)cc1O.